The minimum atomic E-state index is -2.02. The summed E-state index contributed by atoms with van der Waals surface area (Å²) in [6.45, 7) is 34.9. The van der Waals surface area contributed by atoms with Crippen molar-refractivity contribution in [2.45, 2.75) is 188 Å². The van der Waals surface area contributed by atoms with Crippen LogP contribution in [0.3, 0.4) is 0 Å². The lowest BCUT2D eigenvalue weighted by Crippen LogP contribution is -2.49. The van der Waals surface area contributed by atoms with Crippen LogP contribution in [0.2, 0.25) is 36.3 Å². The van der Waals surface area contributed by atoms with Gasteiger partial charge in [-0.15, -0.1) is 0 Å². The summed E-state index contributed by atoms with van der Waals surface area (Å²) >= 11 is 0. The van der Waals surface area contributed by atoms with Gasteiger partial charge in [-0.1, -0.05) is 98.8 Å². The molecule has 0 aromatic heterocycles. The molecule has 0 aromatic rings. The molecule has 0 radical (unpaired) electrons. The molecule has 0 saturated heterocycles. The first-order valence-electron chi connectivity index (χ1n) is 19.8. The first-order chi connectivity index (χ1) is 22.5. The highest BCUT2D eigenvalue weighted by Gasteiger charge is 2.53. The molecule has 4 nitrogen and oxygen atoms in total. The Hall–Kier alpha value is -1.06. The average Bonchev–Trinajstić information content (AvgIpc) is 3.69. The van der Waals surface area contributed by atoms with E-state index in [9.17, 15) is 9.90 Å². The highest BCUT2D eigenvalue weighted by Crippen LogP contribution is 2.60. The molecule has 0 spiro atoms. The SMILES string of the molecule is C=C1C(=CC=C2CCC[C@]3(C)[C@@H]([C@H](C)C(O)CC(=O)C4(C=CCC)CC4)CC[C@@H]23)C[C@@H](O[Si](C)(C)C(C)(C)C)C[C@@H]1O[Si](C)(C)C(C)(C)C. The monoisotopic (exact) mass is 711 g/mol. The van der Waals surface area contributed by atoms with E-state index in [4.69, 9.17) is 8.85 Å². The zero-order chi connectivity index (χ0) is 36.8. The number of hydrogen-bond donors (Lipinski definition) is 1. The Balaban J connectivity index is 1.55. The second-order valence-corrected chi connectivity index (χ2v) is 29.4. The van der Waals surface area contributed by atoms with Crippen LogP contribution in [-0.4, -0.2) is 45.8 Å². The fourth-order valence-electron chi connectivity index (χ4n) is 8.77. The second kappa shape index (κ2) is 14.8. The topological polar surface area (TPSA) is 55.8 Å². The molecule has 4 fully saturated rings. The summed E-state index contributed by atoms with van der Waals surface area (Å²) in [5.74, 6) is 1.30. The van der Waals surface area contributed by atoms with Gasteiger partial charge in [0, 0.05) is 18.3 Å². The maximum Gasteiger partial charge on any atom is 0.192 e. The molecule has 4 saturated carbocycles. The Morgan fingerprint density at radius 2 is 1.61 bits per heavy atom. The lowest BCUT2D eigenvalue weighted by atomic mass is 9.60. The van der Waals surface area contributed by atoms with Crippen LogP contribution in [0.25, 0.3) is 0 Å². The highest BCUT2D eigenvalue weighted by molar-refractivity contribution is 6.74. The molecule has 0 bridgehead atoms. The molecule has 0 heterocycles. The van der Waals surface area contributed by atoms with Crippen LogP contribution >= 0.6 is 0 Å². The molecule has 1 N–H and O–H groups in total. The Labute approximate surface area is 303 Å². The molecule has 278 valence electrons. The van der Waals surface area contributed by atoms with Crippen LogP contribution in [-0.2, 0) is 13.6 Å². The number of hydrogen-bond acceptors (Lipinski definition) is 4. The highest BCUT2D eigenvalue weighted by atomic mass is 28.4. The third-order valence-corrected chi connectivity index (χ3v) is 23.4. The van der Waals surface area contributed by atoms with Crippen molar-refractivity contribution < 1.29 is 18.8 Å². The normalized spacial score (nSPS) is 32.5. The van der Waals surface area contributed by atoms with Crippen LogP contribution in [0.1, 0.15) is 133 Å². The van der Waals surface area contributed by atoms with Gasteiger partial charge in [-0.3, -0.25) is 4.79 Å². The second-order valence-electron chi connectivity index (χ2n) is 19.9. The van der Waals surface area contributed by atoms with Crippen molar-refractivity contribution >= 4 is 22.4 Å². The van der Waals surface area contributed by atoms with E-state index < -0.39 is 22.7 Å². The third kappa shape index (κ3) is 8.78. The van der Waals surface area contributed by atoms with E-state index in [1.54, 1.807) is 5.57 Å². The zero-order valence-electron chi connectivity index (χ0n) is 33.9. The van der Waals surface area contributed by atoms with Gasteiger partial charge < -0.3 is 14.0 Å². The van der Waals surface area contributed by atoms with Gasteiger partial charge in [0.05, 0.1) is 18.3 Å². The van der Waals surface area contributed by atoms with Crippen LogP contribution in [0.5, 0.6) is 0 Å². The number of carbonyl (C=O) groups is 1. The number of Topliss-reactive ketones (excluding diaryl/α,β-unsaturated/α-hetero) is 1. The van der Waals surface area contributed by atoms with Crippen LogP contribution < -0.4 is 0 Å². The summed E-state index contributed by atoms with van der Waals surface area (Å²) in [5.41, 5.74) is 3.85. The maximum atomic E-state index is 13.3. The molecular formula is C43H74O4Si2. The summed E-state index contributed by atoms with van der Waals surface area (Å²) in [7, 11) is -3.98. The van der Waals surface area contributed by atoms with E-state index in [0.717, 1.165) is 50.5 Å². The van der Waals surface area contributed by atoms with Crippen LogP contribution in [0.4, 0.5) is 0 Å². The van der Waals surface area contributed by atoms with E-state index in [2.05, 4.69) is 119 Å². The van der Waals surface area contributed by atoms with Crippen molar-refractivity contribution in [2.75, 3.05) is 0 Å². The number of aliphatic hydroxyl groups is 1. The first-order valence-corrected chi connectivity index (χ1v) is 25.6. The fraction of sp³-hybridized carbons (Fsp3) is 0.791. The van der Waals surface area contributed by atoms with Gasteiger partial charge in [0.15, 0.2) is 16.6 Å². The number of aliphatic hydroxyl groups excluding tert-OH is 1. The number of ketones is 1. The van der Waals surface area contributed by atoms with Crippen molar-refractivity contribution in [1.82, 2.24) is 0 Å². The lowest BCUT2D eigenvalue weighted by molar-refractivity contribution is -0.126. The van der Waals surface area contributed by atoms with Crippen molar-refractivity contribution in [3.8, 4) is 0 Å². The Morgan fingerprint density at radius 3 is 2.18 bits per heavy atom. The molecule has 49 heavy (non-hydrogen) atoms. The predicted octanol–water partition coefficient (Wildman–Crippen LogP) is 11.9. The third-order valence-electron chi connectivity index (χ3n) is 14.4. The summed E-state index contributed by atoms with van der Waals surface area (Å²) in [4.78, 5) is 13.3. The predicted molar refractivity (Wildman–Crippen MR) is 213 cm³/mol. The molecule has 4 rings (SSSR count). The molecule has 4 aliphatic rings. The van der Waals surface area contributed by atoms with Crippen molar-refractivity contribution in [2.24, 2.45) is 28.6 Å². The molecule has 0 aliphatic heterocycles. The van der Waals surface area contributed by atoms with Gasteiger partial charge in [-0.2, -0.15) is 0 Å². The van der Waals surface area contributed by atoms with Gasteiger partial charge >= 0.3 is 0 Å². The smallest absolute Gasteiger partial charge is 0.192 e. The average molecular weight is 711 g/mol. The van der Waals surface area contributed by atoms with Crippen molar-refractivity contribution in [3.05, 3.63) is 47.6 Å². The van der Waals surface area contributed by atoms with E-state index in [1.807, 2.05) is 0 Å². The molecule has 0 aromatic carbocycles. The number of rotatable bonds is 12. The van der Waals surface area contributed by atoms with Gasteiger partial charge in [0.1, 0.15) is 5.78 Å². The molecule has 0 amide bonds. The Morgan fingerprint density at radius 1 is 1.00 bits per heavy atom. The van der Waals surface area contributed by atoms with Crippen molar-refractivity contribution in [3.63, 3.8) is 0 Å². The standard InChI is InChI=1S/C43H74O4Si2/c1-15-16-24-43(25-26-43)39(45)29-37(44)31(3)35-21-22-36-32(18-17-23-42(35,36)10)19-20-33-27-34(46-48(11,12)40(4,5)6)28-38(30(33)2)47-49(13,14)41(7,8)9/h16,19-20,24,31,34-38,44H,2,15,17-18,21-23,25-29H2,1,3-14H3/t31-,34+,35+,36-,37?,38-,42+/m0/s1. The number of carbonyl (C=O) groups excluding carboxylic acids is 1. The summed E-state index contributed by atoms with van der Waals surface area (Å²) < 4.78 is 14.2. The largest absolute Gasteiger partial charge is 0.413 e. The summed E-state index contributed by atoms with van der Waals surface area (Å²) in [5, 5.41) is 11.7. The number of fused-ring (bicyclic) bond motifs is 1. The van der Waals surface area contributed by atoms with Crippen molar-refractivity contribution in [1.29, 1.82) is 0 Å². The lowest BCUT2D eigenvalue weighted by Gasteiger charge is -2.46. The van der Waals surface area contributed by atoms with E-state index in [-0.39, 0.29) is 44.8 Å². The van der Waals surface area contributed by atoms with Gasteiger partial charge in [-0.25, -0.2) is 0 Å². The molecule has 1 unspecified atom stereocenters. The van der Waals surface area contributed by atoms with E-state index in [1.165, 1.54) is 24.8 Å². The maximum absolute atomic E-state index is 13.3. The Bertz CT molecular complexity index is 1300. The Kier molecular flexibility index (Phi) is 12.3. The van der Waals surface area contributed by atoms with E-state index >= 15 is 0 Å². The van der Waals surface area contributed by atoms with Gasteiger partial charge in [-0.05, 0) is 128 Å². The minimum absolute atomic E-state index is 0.0150. The minimum Gasteiger partial charge on any atom is -0.413 e. The molecule has 6 heteroatoms. The van der Waals surface area contributed by atoms with E-state index in [0.29, 0.717) is 18.3 Å². The molecule has 7 atom stereocenters. The van der Waals surface area contributed by atoms with Crippen LogP contribution in [0.15, 0.2) is 47.6 Å². The fourth-order valence-corrected chi connectivity index (χ4v) is 11.4. The zero-order valence-corrected chi connectivity index (χ0v) is 35.9. The van der Waals surface area contributed by atoms with Gasteiger partial charge in [0.2, 0.25) is 0 Å². The summed E-state index contributed by atoms with van der Waals surface area (Å²) in [6.07, 6.45) is 19.3. The summed E-state index contributed by atoms with van der Waals surface area (Å²) in [6, 6.07) is 0. The molecular weight excluding hydrogens is 637 g/mol. The van der Waals surface area contributed by atoms with Crippen LogP contribution in [0, 0.1) is 28.6 Å². The molecule has 4 aliphatic carbocycles. The number of allylic oxidation sites excluding steroid dienone is 5. The quantitative estimate of drug-likeness (QED) is 0.162. The first kappa shape index (κ1) is 40.7. The van der Waals surface area contributed by atoms with Gasteiger partial charge in [0.25, 0.3) is 0 Å².